The Balaban J connectivity index is 1.89. The zero-order chi connectivity index (χ0) is 18.9. The van der Waals surface area contributed by atoms with Gasteiger partial charge in [0.05, 0.1) is 19.3 Å². The second-order valence-corrected chi connectivity index (χ2v) is 4.96. The molecule has 0 heterocycles. The van der Waals surface area contributed by atoms with Crippen LogP contribution in [0.4, 0.5) is 21.0 Å². The quantitative estimate of drug-likeness (QED) is 0.625. The lowest BCUT2D eigenvalue weighted by Gasteiger charge is -2.09. The fourth-order valence-corrected chi connectivity index (χ4v) is 1.95. The van der Waals surface area contributed by atoms with Crippen LogP contribution in [0.3, 0.4) is 0 Å². The van der Waals surface area contributed by atoms with Gasteiger partial charge in [0.25, 0.3) is 0 Å². The van der Waals surface area contributed by atoms with Crippen molar-refractivity contribution in [2.75, 3.05) is 24.4 Å². The van der Waals surface area contributed by atoms with Crippen molar-refractivity contribution in [2.45, 2.75) is 6.92 Å². The average Bonchev–Trinajstić information content (AvgIpc) is 2.63. The second kappa shape index (κ2) is 9.07. The monoisotopic (exact) mass is 358 g/mol. The first-order valence-electron chi connectivity index (χ1n) is 7.73. The number of amides is 2. The third-order valence-corrected chi connectivity index (χ3v) is 3.14. The Hall–Kier alpha value is -3.55. The number of ether oxygens (including phenoxy) is 3. The highest BCUT2D eigenvalue weighted by Gasteiger charge is 2.08. The molecule has 2 aromatic rings. The Labute approximate surface area is 150 Å². The molecule has 2 N–H and O–H groups in total. The minimum absolute atomic E-state index is 0.221. The van der Waals surface area contributed by atoms with Crippen LogP contribution in [-0.4, -0.2) is 31.9 Å². The van der Waals surface area contributed by atoms with Gasteiger partial charge in [0, 0.05) is 11.4 Å². The van der Waals surface area contributed by atoms with Crippen LogP contribution in [0.1, 0.15) is 17.3 Å². The summed E-state index contributed by atoms with van der Waals surface area (Å²) < 4.78 is 14.2. The summed E-state index contributed by atoms with van der Waals surface area (Å²) in [4.78, 5) is 34.6. The zero-order valence-electron chi connectivity index (χ0n) is 14.3. The summed E-state index contributed by atoms with van der Waals surface area (Å²) in [7, 11) is 1.30. The number of nitrogens with one attached hydrogen (secondary N) is 2. The van der Waals surface area contributed by atoms with Crippen LogP contribution in [0.25, 0.3) is 0 Å². The van der Waals surface area contributed by atoms with Crippen molar-refractivity contribution in [1.29, 1.82) is 0 Å². The number of anilines is 2. The molecule has 0 aliphatic rings. The number of hydrogen-bond donors (Lipinski definition) is 2. The molecule has 8 heteroatoms. The van der Waals surface area contributed by atoms with Crippen molar-refractivity contribution < 1.29 is 28.6 Å². The average molecular weight is 358 g/mol. The van der Waals surface area contributed by atoms with Gasteiger partial charge in [0.2, 0.25) is 0 Å². The standard InChI is InChI=1S/C18H18N2O6/c1-3-25-18(23)26-15-10-8-14(9-11-15)20-17(22)19-13-6-4-12(5-7-13)16(21)24-2/h4-11H,3H2,1-2H3,(H2,19,20,22). The predicted molar refractivity (Wildman–Crippen MR) is 94.5 cm³/mol. The molecular formula is C18H18N2O6. The van der Waals surface area contributed by atoms with E-state index in [1.54, 1.807) is 43.3 Å². The van der Waals surface area contributed by atoms with E-state index in [0.717, 1.165) is 0 Å². The van der Waals surface area contributed by atoms with E-state index in [1.807, 2.05) is 0 Å². The molecule has 0 radical (unpaired) electrons. The Kier molecular flexibility index (Phi) is 6.55. The van der Waals surface area contributed by atoms with Crippen LogP contribution < -0.4 is 15.4 Å². The lowest BCUT2D eigenvalue weighted by molar-refractivity contribution is 0.0600. The molecule has 0 aromatic heterocycles. The van der Waals surface area contributed by atoms with Crippen LogP contribution in [0, 0.1) is 0 Å². The highest BCUT2D eigenvalue weighted by molar-refractivity contribution is 6.00. The van der Waals surface area contributed by atoms with Gasteiger partial charge in [-0.1, -0.05) is 0 Å². The minimum Gasteiger partial charge on any atom is -0.465 e. The molecule has 2 rings (SSSR count). The zero-order valence-corrected chi connectivity index (χ0v) is 14.3. The Morgan fingerprint density at radius 1 is 0.885 bits per heavy atom. The van der Waals surface area contributed by atoms with Crippen LogP contribution >= 0.6 is 0 Å². The van der Waals surface area contributed by atoms with E-state index < -0.39 is 18.2 Å². The van der Waals surface area contributed by atoms with Crippen molar-refractivity contribution in [3.05, 3.63) is 54.1 Å². The van der Waals surface area contributed by atoms with Crippen LogP contribution in [0.15, 0.2) is 48.5 Å². The molecule has 2 amide bonds. The first kappa shape index (κ1) is 18.8. The normalized spacial score (nSPS) is 9.77. The maximum atomic E-state index is 12.0. The maximum absolute atomic E-state index is 12.0. The smallest absolute Gasteiger partial charge is 0.465 e. The summed E-state index contributed by atoms with van der Waals surface area (Å²) in [6.07, 6.45) is -0.790. The molecule has 8 nitrogen and oxygen atoms in total. The van der Waals surface area contributed by atoms with Crippen molar-refractivity contribution in [2.24, 2.45) is 0 Å². The van der Waals surface area contributed by atoms with E-state index in [4.69, 9.17) is 4.74 Å². The predicted octanol–water partition coefficient (Wildman–Crippen LogP) is 3.65. The third-order valence-electron chi connectivity index (χ3n) is 3.14. The van der Waals surface area contributed by atoms with E-state index in [0.29, 0.717) is 22.7 Å². The molecule has 2 aromatic carbocycles. The molecule has 0 fully saturated rings. The number of benzene rings is 2. The third kappa shape index (κ3) is 5.52. The minimum atomic E-state index is -0.790. The number of carbonyl (C=O) groups excluding carboxylic acids is 3. The second-order valence-electron chi connectivity index (χ2n) is 4.96. The number of carbonyl (C=O) groups is 3. The lowest BCUT2D eigenvalue weighted by Crippen LogP contribution is -2.19. The number of esters is 1. The summed E-state index contributed by atoms with van der Waals surface area (Å²) in [5.74, 6) is -0.154. The molecule has 0 saturated carbocycles. The van der Waals surface area contributed by atoms with Crippen molar-refractivity contribution >= 4 is 29.5 Å². The van der Waals surface area contributed by atoms with Crippen molar-refractivity contribution in [1.82, 2.24) is 0 Å². The number of methoxy groups -OCH3 is 1. The van der Waals surface area contributed by atoms with Gasteiger partial charge in [-0.25, -0.2) is 14.4 Å². The fourth-order valence-electron chi connectivity index (χ4n) is 1.95. The molecule has 0 atom stereocenters. The Morgan fingerprint density at radius 3 is 1.92 bits per heavy atom. The van der Waals surface area contributed by atoms with Gasteiger partial charge in [0.1, 0.15) is 5.75 Å². The van der Waals surface area contributed by atoms with Gasteiger partial charge in [-0.15, -0.1) is 0 Å². The van der Waals surface area contributed by atoms with Crippen LogP contribution in [0.2, 0.25) is 0 Å². The molecule has 0 spiro atoms. The van der Waals surface area contributed by atoms with E-state index in [-0.39, 0.29) is 6.61 Å². The molecular weight excluding hydrogens is 340 g/mol. The SMILES string of the molecule is CCOC(=O)Oc1ccc(NC(=O)Nc2ccc(C(=O)OC)cc2)cc1. The van der Waals surface area contributed by atoms with Crippen LogP contribution in [0.5, 0.6) is 5.75 Å². The van der Waals surface area contributed by atoms with Crippen molar-refractivity contribution in [3.8, 4) is 5.75 Å². The van der Waals surface area contributed by atoms with Gasteiger partial charge in [0.15, 0.2) is 0 Å². The number of urea groups is 1. The Morgan fingerprint density at radius 2 is 1.42 bits per heavy atom. The summed E-state index contributed by atoms with van der Waals surface area (Å²) >= 11 is 0. The molecule has 0 aliphatic carbocycles. The summed E-state index contributed by atoms with van der Waals surface area (Å²) in [6.45, 7) is 1.90. The highest BCUT2D eigenvalue weighted by atomic mass is 16.7. The molecule has 26 heavy (non-hydrogen) atoms. The highest BCUT2D eigenvalue weighted by Crippen LogP contribution is 2.17. The first-order valence-corrected chi connectivity index (χ1v) is 7.73. The largest absolute Gasteiger partial charge is 0.513 e. The van der Waals surface area contributed by atoms with Gasteiger partial charge >= 0.3 is 18.2 Å². The molecule has 0 aliphatic heterocycles. The molecule has 136 valence electrons. The van der Waals surface area contributed by atoms with Gasteiger partial charge in [-0.2, -0.15) is 0 Å². The molecule has 0 saturated heterocycles. The van der Waals surface area contributed by atoms with Crippen LogP contribution in [-0.2, 0) is 9.47 Å². The van der Waals surface area contributed by atoms with Gasteiger partial charge in [-0.3, -0.25) is 0 Å². The fraction of sp³-hybridized carbons (Fsp3) is 0.167. The van der Waals surface area contributed by atoms with Crippen molar-refractivity contribution in [3.63, 3.8) is 0 Å². The lowest BCUT2D eigenvalue weighted by atomic mass is 10.2. The van der Waals surface area contributed by atoms with E-state index in [9.17, 15) is 14.4 Å². The maximum Gasteiger partial charge on any atom is 0.513 e. The van der Waals surface area contributed by atoms with Gasteiger partial charge < -0.3 is 24.8 Å². The molecule has 0 unspecified atom stereocenters. The molecule has 0 bridgehead atoms. The topological polar surface area (TPSA) is 103 Å². The summed E-state index contributed by atoms with van der Waals surface area (Å²) in [5.41, 5.74) is 1.40. The number of hydrogen-bond acceptors (Lipinski definition) is 6. The van der Waals surface area contributed by atoms with E-state index in [1.165, 1.54) is 19.2 Å². The Bertz CT molecular complexity index is 771. The number of rotatable bonds is 5. The van der Waals surface area contributed by atoms with E-state index >= 15 is 0 Å². The van der Waals surface area contributed by atoms with Gasteiger partial charge in [-0.05, 0) is 55.5 Å². The van der Waals surface area contributed by atoms with E-state index in [2.05, 4.69) is 20.1 Å². The summed E-state index contributed by atoms with van der Waals surface area (Å²) in [6, 6.07) is 12.0. The summed E-state index contributed by atoms with van der Waals surface area (Å²) in [5, 5.41) is 5.26. The first-order chi connectivity index (χ1) is 12.5.